The number of unbranched alkanes of at least 4 members (excludes halogenated alkanes) is 1. The summed E-state index contributed by atoms with van der Waals surface area (Å²) in [7, 11) is 0. The Balaban J connectivity index is 3.27. The first kappa shape index (κ1) is 8.43. The average Bonchev–Trinajstić information content (AvgIpc) is 1.82. The van der Waals surface area contributed by atoms with E-state index in [0.29, 0.717) is 6.42 Å². The SMILES string of the molecule is CCCC[C@H](O)C(=O)O. The van der Waals surface area contributed by atoms with Crippen LogP contribution >= 0.6 is 0 Å². The Morgan fingerprint density at radius 1 is 1.67 bits per heavy atom. The summed E-state index contributed by atoms with van der Waals surface area (Å²) in [5.41, 5.74) is 0. The maximum atomic E-state index is 9.96. The van der Waals surface area contributed by atoms with Crippen molar-refractivity contribution in [3.63, 3.8) is 0 Å². The standard InChI is InChI=1S/C6H12O3/c1-2-3-4-5(7)6(8)9/h5,7H,2-4H2,1H3,(H,8,9)/t5-/m0/s1. The van der Waals surface area contributed by atoms with Crippen LogP contribution in [0.3, 0.4) is 0 Å². The molecule has 0 spiro atoms. The summed E-state index contributed by atoms with van der Waals surface area (Å²) in [4.78, 5) is 9.96. The van der Waals surface area contributed by atoms with Crippen molar-refractivity contribution in [3.8, 4) is 0 Å². The van der Waals surface area contributed by atoms with E-state index in [2.05, 4.69) is 0 Å². The molecule has 0 unspecified atom stereocenters. The van der Waals surface area contributed by atoms with E-state index in [0.717, 1.165) is 12.8 Å². The van der Waals surface area contributed by atoms with E-state index in [1.807, 2.05) is 6.92 Å². The number of rotatable bonds is 4. The molecule has 0 radical (unpaired) electrons. The first-order valence-corrected chi connectivity index (χ1v) is 3.09. The number of carboxylic acid groups (broad SMARTS) is 1. The maximum absolute atomic E-state index is 9.96. The van der Waals surface area contributed by atoms with Gasteiger partial charge in [0.25, 0.3) is 0 Å². The predicted octanol–water partition coefficient (Wildman–Crippen LogP) is 0.622. The minimum absolute atomic E-state index is 0.367. The van der Waals surface area contributed by atoms with Crippen LogP contribution in [-0.2, 0) is 4.79 Å². The van der Waals surface area contributed by atoms with Crippen LogP contribution in [0.2, 0.25) is 0 Å². The van der Waals surface area contributed by atoms with Gasteiger partial charge < -0.3 is 10.2 Å². The van der Waals surface area contributed by atoms with Crippen LogP contribution in [0.25, 0.3) is 0 Å². The van der Waals surface area contributed by atoms with Gasteiger partial charge in [-0.25, -0.2) is 4.79 Å². The molecular formula is C6H12O3. The van der Waals surface area contributed by atoms with Crippen molar-refractivity contribution in [3.05, 3.63) is 0 Å². The fourth-order valence-corrected chi connectivity index (χ4v) is 0.521. The van der Waals surface area contributed by atoms with E-state index >= 15 is 0 Å². The van der Waals surface area contributed by atoms with Gasteiger partial charge in [-0.15, -0.1) is 0 Å². The van der Waals surface area contributed by atoms with Crippen LogP contribution in [0.5, 0.6) is 0 Å². The molecule has 2 N–H and O–H groups in total. The quantitative estimate of drug-likeness (QED) is 0.589. The van der Waals surface area contributed by atoms with Crippen LogP contribution in [0, 0.1) is 0 Å². The van der Waals surface area contributed by atoms with Gasteiger partial charge in [0.05, 0.1) is 0 Å². The predicted molar refractivity (Wildman–Crippen MR) is 33.2 cm³/mol. The lowest BCUT2D eigenvalue weighted by molar-refractivity contribution is -0.146. The molecule has 0 heterocycles. The third-order valence-electron chi connectivity index (χ3n) is 1.12. The Labute approximate surface area is 54.3 Å². The summed E-state index contributed by atoms with van der Waals surface area (Å²) < 4.78 is 0. The van der Waals surface area contributed by atoms with Crippen molar-refractivity contribution in [2.75, 3.05) is 0 Å². The molecule has 3 nitrogen and oxygen atoms in total. The smallest absolute Gasteiger partial charge is 0.332 e. The summed E-state index contributed by atoms with van der Waals surface area (Å²) in [6, 6.07) is 0. The molecule has 0 rings (SSSR count). The second-order valence-corrected chi connectivity index (χ2v) is 2.00. The molecule has 0 aliphatic rings. The van der Waals surface area contributed by atoms with Gasteiger partial charge in [-0.3, -0.25) is 0 Å². The van der Waals surface area contributed by atoms with Crippen molar-refractivity contribution in [1.29, 1.82) is 0 Å². The number of aliphatic hydroxyl groups is 1. The van der Waals surface area contributed by atoms with E-state index in [9.17, 15) is 4.79 Å². The topological polar surface area (TPSA) is 57.5 Å². The van der Waals surface area contributed by atoms with Crippen molar-refractivity contribution < 1.29 is 15.0 Å². The third kappa shape index (κ3) is 3.97. The Morgan fingerprint density at radius 3 is 2.56 bits per heavy atom. The molecule has 0 amide bonds. The zero-order valence-corrected chi connectivity index (χ0v) is 5.50. The summed E-state index contributed by atoms with van der Waals surface area (Å²) in [6.07, 6.45) is 0.897. The van der Waals surface area contributed by atoms with Crippen LogP contribution in [-0.4, -0.2) is 22.3 Å². The minimum atomic E-state index is -1.16. The highest BCUT2D eigenvalue weighted by molar-refractivity contribution is 5.71. The molecule has 0 aromatic heterocycles. The van der Waals surface area contributed by atoms with Gasteiger partial charge in [0.2, 0.25) is 0 Å². The number of aliphatic carboxylic acids is 1. The number of hydrogen-bond donors (Lipinski definition) is 2. The minimum Gasteiger partial charge on any atom is -0.479 e. The molecule has 0 aliphatic carbocycles. The van der Waals surface area contributed by atoms with Gasteiger partial charge in [0.1, 0.15) is 0 Å². The molecule has 0 bridgehead atoms. The number of carbonyl (C=O) groups is 1. The maximum Gasteiger partial charge on any atom is 0.332 e. The fraction of sp³-hybridized carbons (Fsp3) is 0.833. The third-order valence-corrected chi connectivity index (χ3v) is 1.12. The highest BCUT2D eigenvalue weighted by Gasteiger charge is 2.10. The Bertz CT molecular complexity index is 90.3. The van der Waals surface area contributed by atoms with Gasteiger partial charge in [0, 0.05) is 0 Å². The van der Waals surface area contributed by atoms with Crippen LogP contribution in [0.4, 0.5) is 0 Å². The Hall–Kier alpha value is -0.570. The summed E-state index contributed by atoms with van der Waals surface area (Å²) in [5, 5.41) is 16.8. The van der Waals surface area contributed by atoms with E-state index in [1.54, 1.807) is 0 Å². The second kappa shape index (κ2) is 4.32. The first-order valence-electron chi connectivity index (χ1n) is 3.09. The number of carboxylic acids is 1. The number of aliphatic hydroxyl groups excluding tert-OH is 1. The van der Waals surface area contributed by atoms with Crippen molar-refractivity contribution in [2.45, 2.75) is 32.3 Å². The zero-order valence-electron chi connectivity index (χ0n) is 5.50. The number of hydrogen-bond acceptors (Lipinski definition) is 2. The van der Waals surface area contributed by atoms with Crippen LogP contribution in [0.15, 0.2) is 0 Å². The Kier molecular flexibility index (Phi) is 4.05. The molecule has 0 saturated carbocycles. The molecule has 0 aromatic carbocycles. The molecule has 0 saturated heterocycles. The van der Waals surface area contributed by atoms with Crippen molar-refractivity contribution in [1.82, 2.24) is 0 Å². The monoisotopic (exact) mass is 132 g/mol. The molecule has 54 valence electrons. The summed E-state index contributed by atoms with van der Waals surface area (Å²) in [6.45, 7) is 1.95. The molecule has 1 atom stereocenters. The van der Waals surface area contributed by atoms with Crippen molar-refractivity contribution >= 4 is 5.97 Å². The van der Waals surface area contributed by atoms with E-state index in [1.165, 1.54) is 0 Å². The van der Waals surface area contributed by atoms with Crippen LogP contribution < -0.4 is 0 Å². The highest BCUT2D eigenvalue weighted by atomic mass is 16.4. The van der Waals surface area contributed by atoms with Crippen LogP contribution in [0.1, 0.15) is 26.2 Å². The normalized spacial score (nSPS) is 13.1. The lowest BCUT2D eigenvalue weighted by Crippen LogP contribution is -2.18. The van der Waals surface area contributed by atoms with E-state index in [-0.39, 0.29) is 0 Å². The summed E-state index contributed by atoms with van der Waals surface area (Å²) in [5.74, 6) is -1.12. The Morgan fingerprint density at radius 2 is 2.22 bits per heavy atom. The molecule has 0 aliphatic heterocycles. The lowest BCUT2D eigenvalue weighted by Gasteiger charge is -2.01. The molecular weight excluding hydrogens is 120 g/mol. The fourth-order valence-electron chi connectivity index (χ4n) is 0.521. The molecule has 0 fully saturated rings. The lowest BCUT2D eigenvalue weighted by atomic mass is 10.2. The van der Waals surface area contributed by atoms with E-state index < -0.39 is 12.1 Å². The summed E-state index contributed by atoms with van der Waals surface area (Å²) >= 11 is 0. The van der Waals surface area contributed by atoms with Gasteiger partial charge in [-0.1, -0.05) is 19.8 Å². The molecule has 9 heavy (non-hydrogen) atoms. The second-order valence-electron chi connectivity index (χ2n) is 2.00. The van der Waals surface area contributed by atoms with Gasteiger partial charge in [-0.2, -0.15) is 0 Å². The van der Waals surface area contributed by atoms with E-state index in [4.69, 9.17) is 10.2 Å². The van der Waals surface area contributed by atoms with Gasteiger partial charge in [0.15, 0.2) is 6.10 Å². The molecule has 0 aromatic rings. The van der Waals surface area contributed by atoms with Crippen molar-refractivity contribution in [2.24, 2.45) is 0 Å². The highest BCUT2D eigenvalue weighted by Crippen LogP contribution is 1.99. The van der Waals surface area contributed by atoms with Gasteiger partial charge in [-0.05, 0) is 6.42 Å². The van der Waals surface area contributed by atoms with Gasteiger partial charge >= 0.3 is 5.97 Å². The zero-order chi connectivity index (χ0) is 7.28. The molecule has 3 heteroatoms. The largest absolute Gasteiger partial charge is 0.479 e. The first-order chi connectivity index (χ1) is 4.18. The average molecular weight is 132 g/mol.